The monoisotopic (exact) mass is 460 g/mol. The van der Waals surface area contributed by atoms with Gasteiger partial charge in [-0.25, -0.2) is 0 Å². The summed E-state index contributed by atoms with van der Waals surface area (Å²) in [7, 11) is 2.26. The summed E-state index contributed by atoms with van der Waals surface area (Å²) in [5.74, 6) is 1.62. The first-order valence-corrected chi connectivity index (χ1v) is 12.7. The molecule has 4 saturated heterocycles. The molecule has 0 radical (unpaired) electrons. The van der Waals surface area contributed by atoms with E-state index in [9.17, 15) is 0 Å². The molecule has 4 unspecified atom stereocenters. The topological polar surface area (TPSA) is 55.9 Å². The summed E-state index contributed by atoms with van der Waals surface area (Å²) in [6.07, 6.45) is 5.56. The van der Waals surface area contributed by atoms with E-state index in [1.54, 1.807) is 0 Å². The van der Waals surface area contributed by atoms with Crippen LogP contribution in [-0.4, -0.2) is 110 Å². The molecule has 32 heavy (non-hydrogen) atoms. The molecule has 5 heterocycles. The van der Waals surface area contributed by atoms with Gasteiger partial charge in [0.2, 0.25) is 0 Å². The third-order valence-electron chi connectivity index (χ3n) is 7.35. The molecule has 1 aromatic heterocycles. The van der Waals surface area contributed by atoms with E-state index < -0.39 is 0 Å². The summed E-state index contributed by atoms with van der Waals surface area (Å²) in [6.45, 7) is 11.4. The number of aromatic nitrogens is 1. The minimum absolute atomic E-state index is 0.614. The van der Waals surface area contributed by atoms with Crippen LogP contribution < -0.4 is 10.6 Å². The number of pyridine rings is 1. The fraction of sp³-hybridized carbons (Fsp3) is 0.750. The van der Waals surface area contributed by atoms with Crippen molar-refractivity contribution in [3.8, 4) is 0 Å². The fourth-order valence-electron chi connectivity index (χ4n) is 5.44. The number of ether oxygens (including phenoxy) is 1. The van der Waals surface area contributed by atoms with Gasteiger partial charge in [-0.15, -0.1) is 0 Å². The van der Waals surface area contributed by atoms with Crippen molar-refractivity contribution >= 4 is 17.3 Å². The van der Waals surface area contributed by atoms with Crippen LogP contribution in [0.3, 0.4) is 0 Å². The molecule has 0 spiro atoms. The smallest absolute Gasteiger partial charge is 0.166 e. The number of morpholine rings is 1. The van der Waals surface area contributed by atoms with Gasteiger partial charge in [0.05, 0.1) is 13.2 Å². The molecule has 1 aromatic rings. The number of nitrogens with zero attached hydrogens (tertiary/aromatic N) is 4. The van der Waals surface area contributed by atoms with Crippen LogP contribution in [0.15, 0.2) is 24.4 Å². The summed E-state index contributed by atoms with van der Waals surface area (Å²) in [6, 6.07) is 6.80. The Morgan fingerprint density at radius 1 is 1.25 bits per heavy atom. The average molecular weight is 461 g/mol. The zero-order valence-electron chi connectivity index (χ0n) is 19.5. The Bertz CT molecular complexity index is 701. The third kappa shape index (κ3) is 7.09. The normalized spacial score (nSPS) is 28.1. The summed E-state index contributed by atoms with van der Waals surface area (Å²) in [5, 5.41) is 7.67. The van der Waals surface area contributed by atoms with E-state index in [1.165, 1.54) is 38.2 Å². The number of thiocarbonyl (C=S) groups is 1. The first-order chi connectivity index (χ1) is 15.7. The predicted octanol–water partition coefficient (Wildman–Crippen LogP) is 1.06. The molecule has 5 rings (SSSR count). The van der Waals surface area contributed by atoms with E-state index in [0.717, 1.165) is 75.9 Å². The Kier molecular flexibility index (Phi) is 9.11. The van der Waals surface area contributed by atoms with Gasteiger partial charge in [0.1, 0.15) is 0 Å². The van der Waals surface area contributed by atoms with Gasteiger partial charge in [-0.3, -0.25) is 14.8 Å². The molecule has 0 amide bonds. The second-order valence-electron chi connectivity index (χ2n) is 9.62. The van der Waals surface area contributed by atoms with E-state index in [0.29, 0.717) is 6.04 Å². The van der Waals surface area contributed by atoms with Crippen molar-refractivity contribution in [1.82, 2.24) is 30.3 Å². The molecule has 0 aromatic carbocycles. The second kappa shape index (κ2) is 12.2. The van der Waals surface area contributed by atoms with Crippen molar-refractivity contribution in [2.75, 3.05) is 79.2 Å². The summed E-state index contributed by atoms with van der Waals surface area (Å²) in [5.41, 5.74) is 1.19. The molecule has 8 heteroatoms. The first kappa shape index (κ1) is 23.8. The van der Waals surface area contributed by atoms with Gasteiger partial charge in [-0.1, -0.05) is 6.07 Å². The fourth-order valence-corrected chi connectivity index (χ4v) is 5.62. The van der Waals surface area contributed by atoms with Crippen molar-refractivity contribution in [2.24, 2.45) is 11.8 Å². The maximum Gasteiger partial charge on any atom is 0.166 e. The lowest BCUT2D eigenvalue weighted by atomic mass is 9.75. The van der Waals surface area contributed by atoms with Gasteiger partial charge in [-0.2, -0.15) is 0 Å². The highest BCUT2D eigenvalue weighted by Gasteiger charge is 2.40. The Hall–Kier alpha value is -1.32. The SMILES string of the molecule is CN(CCc1ccccn1)CC1CN2CCC1CC2CNC(=S)NCCN1CCOCC1. The first-order valence-electron chi connectivity index (χ1n) is 12.3. The molecular weight excluding hydrogens is 420 g/mol. The number of likely N-dealkylation sites (N-methyl/N-ethyl adjacent to an activating group) is 1. The Labute approximate surface area is 198 Å². The quantitative estimate of drug-likeness (QED) is 0.503. The zero-order valence-corrected chi connectivity index (χ0v) is 20.4. The lowest BCUT2D eigenvalue weighted by Crippen LogP contribution is -2.58. The molecule has 7 nitrogen and oxygen atoms in total. The number of nitrogens with one attached hydrogen (secondary N) is 2. The van der Waals surface area contributed by atoms with Gasteiger partial charge in [0, 0.05) is 76.7 Å². The Morgan fingerprint density at radius 3 is 2.88 bits per heavy atom. The van der Waals surface area contributed by atoms with E-state index in [1.807, 2.05) is 12.3 Å². The van der Waals surface area contributed by atoms with Gasteiger partial charge in [-0.05, 0) is 62.6 Å². The maximum atomic E-state index is 5.53. The van der Waals surface area contributed by atoms with Crippen LogP contribution in [0.2, 0.25) is 0 Å². The molecule has 2 N–H and O–H groups in total. The number of rotatable bonds is 10. The van der Waals surface area contributed by atoms with Crippen LogP contribution in [-0.2, 0) is 11.2 Å². The molecule has 2 bridgehead atoms. The van der Waals surface area contributed by atoms with Crippen LogP contribution in [0.5, 0.6) is 0 Å². The molecule has 4 aliphatic heterocycles. The molecule has 4 fully saturated rings. The molecular formula is C24H40N6OS. The number of hydrogen-bond acceptors (Lipinski definition) is 6. The standard InChI is InChI=1S/C24H40N6OS/c1-28(9-6-22-4-2-3-7-25-22)18-21-19-30-10-5-20(21)16-23(30)17-27-24(32)26-8-11-29-12-14-31-15-13-29/h2-4,7,20-21,23H,5-6,8-19H2,1H3,(H2,26,27,32). The summed E-state index contributed by atoms with van der Waals surface area (Å²) < 4.78 is 5.41. The van der Waals surface area contributed by atoms with Crippen LogP contribution in [0.25, 0.3) is 0 Å². The maximum absolute atomic E-state index is 5.53. The van der Waals surface area contributed by atoms with Crippen molar-refractivity contribution in [3.63, 3.8) is 0 Å². The minimum atomic E-state index is 0.614. The van der Waals surface area contributed by atoms with Gasteiger partial charge >= 0.3 is 0 Å². The Balaban J connectivity index is 1.12. The Morgan fingerprint density at radius 2 is 2.12 bits per heavy atom. The highest BCUT2D eigenvalue weighted by atomic mass is 32.1. The highest BCUT2D eigenvalue weighted by Crippen LogP contribution is 2.36. The number of hydrogen-bond donors (Lipinski definition) is 2. The van der Waals surface area contributed by atoms with E-state index in [-0.39, 0.29) is 0 Å². The van der Waals surface area contributed by atoms with E-state index in [2.05, 4.69) is 49.5 Å². The second-order valence-corrected chi connectivity index (χ2v) is 10.0. The van der Waals surface area contributed by atoms with Gasteiger partial charge in [0.25, 0.3) is 0 Å². The van der Waals surface area contributed by atoms with Crippen molar-refractivity contribution in [2.45, 2.75) is 25.3 Å². The lowest BCUT2D eigenvalue weighted by molar-refractivity contribution is -0.00764. The number of piperidine rings is 3. The van der Waals surface area contributed by atoms with E-state index in [4.69, 9.17) is 17.0 Å². The van der Waals surface area contributed by atoms with Crippen LogP contribution in [0, 0.1) is 11.8 Å². The van der Waals surface area contributed by atoms with Crippen LogP contribution in [0.4, 0.5) is 0 Å². The van der Waals surface area contributed by atoms with E-state index >= 15 is 0 Å². The van der Waals surface area contributed by atoms with Gasteiger partial charge in [0.15, 0.2) is 5.11 Å². The van der Waals surface area contributed by atoms with Crippen molar-refractivity contribution in [3.05, 3.63) is 30.1 Å². The molecule has 0 aliphatic carbocycles. The highest BCUT2D eigenvalue weighted by molar-refractivity contribution is 7.80. The molecule has 4 aliphatic rings. The average Bonchev–Trinajstić information content (AvgIpc) is 2.83. The van der Waals surface area contributed by atoms with Gasteiger partial charge < -0.3 is 20.3 Å². The third-order valence-corrected chi connectivity index (χ3v) is 7.64. The minimum Gasteiger partial charge on any atom is -0.379 e. The predicted molar refractivity (Wildman–Crippen MR) is 133 cm³/mol. The zero-order chi connectivity index (χ0) is 22.2. The largest absolute Gasteiger partial charge is 0.379 e. The summed E-state index contributed by atoms with van der Waals surface area (Å²) >= 11 is 5.53. The lowest BCUT2D eigenvalue weighted by Gasteiger charge is -2.50. The number of fused-ring (bicyclic) bond motifs is 3. The van der Waals surface area contributed by atoms with Crippen LogP contribution >= 0.6 is 12.2 Å². The summed E-state index contributed by atoms with van der Waals surface area (Å²) in [4.78, 5) is 12.1. The molecule has 0 saturated carbocycles. The van der Waals surface area contributed by atoms with Crippen molar-refractivity contribution < 1.29 is 4.74 Å². The van der Waals surface area contributed by atoms with Crippen molar-refractivity contribution in [1.29, 1.82) is 0 Å². The van der Waals surface area contributed by atoms with Crippen LogP contribution in [0.1, 0.15) is 18.5 Å². The molecule has 4 atom stereocenters. The molecule has 178 valence electrons.